The van der Waals surface area contributed by atoms with Crippen LogP contribution in [0.15, 0.2) is 29.6 Å². The normalized spacial score (nSPS) is 9.88. The third-order valence-electron chi connectivity index (χ3n) is 1.93. The molecule has 86 valence electrons. The Morgan fingerprint density at radius 1 is 1.35 bits per heavy atom. The molecule has 2 rings (SSSR count). The second-order valence-corrected chi connectivity index (χ2v) is 3.66. The van der Waals surface area contributed by atoms with Crippen molar-refractivity contribution < 1.29 is 9.72 Å². The number of anilines is 1. The molecule has 0 atom stereocenters. The molecule has 0 saturated heterocycles. The Morgan fingerprint density at radius 2 is 2.06 bits per heavy atom. The van der Waals surface area contributed by atoms with E-state index in [2.05, 4.69) is 14.9 Å². The topological polar surface area (TPSA) is 98.0 Å². The molecule has 17 heavy (non-hydrogen) atoms. The lowest BCUT2D eigenvalue weighted by molar-refractivity contribution is -0.384. The monoisotopic (exact) mass is 250 g/mol. The summed E-state index contributed by atoms with van der Waals surface area (Å²) < 4.78 is 3.56. The molecule has 0 aliphatic carbocycles. The number of amides is 1. The number of rotatable bonds is 3. The number of hydrogen-bond acceptors (Lipinski definition) is 6. The molecule has 0 fully saturated rings. The molecule has 8 heteroatoms. The third kappa shape index (κ3) is 2.61. The Kier molecular flexibility index (Phi) is 3.06. The zero-order valence-corrected chi connectivity index (χ0v) is 9.18. The van der Waals surface area contributed by atoms with Crippen molar-refractivity contribution in [1.82, 2.24) is 9.59 Å². The van der Waals surface area contributed by atoms with Gasteiger partial charge in [-0.2, -0.15) is 0 Å². The van der Waals surface area contributed by atoms with Crippen LogP contribution >= 0.6 is 11.5 Å². The van der Waals surface area contributed by atoms with Gasteiger partial charge >= 0.3 is 0 Å². The highest BCUT2D eigenvalue weighted by Gasteiger charge is 2.10. The Balaban J connectivity index is 2.09. The van der Waals surface area contributed by atoms with Crippen molar-refractivity contribution in [2.45, 2.75) is 0 Å². The van der Waals surface area contributed by atoms with Crippen LogP contribution in [-0.4, -0.2) is 20.4 Å². The standard InChI is InChI=1S/C9H6N4O3S/c14-9(8-5-17-12-11-8)10-6-1-3-7(4-2-6)13(15)16/h1-5H,(H,10,14). The van der Waals surface area contributed by atoms with Crippen LogP contribution in [0.4, 0.5) is 11.4 Å². The van der Waals surface area contributed by atoms with Gasteiger partial charge < -0.3 is 5.32 Å². The number of hydrogen-bond donors (Lipinski definition) is 1. The molecule has 0 saturated carbocycles. The van der Waals surface area contributed by atoms with E-state index in [4.69, 9.17) is 0 Å². The summed E-state index contributed by atoms with van der Waals surface area (Å²) >= 11 is 1.07. The maximum absolute atomic E-state index is 11.6. The van der Waals surface area contributed by atoms with Gasteiger partial charge in [0.2, 0.25) is 0 Å². The van der Waals surface area contributed by atoms with Crippen LogP contribution in [0, 0.1) is 10.1 Å². The van der Waals surface area contributed by atoms with Crippen molar-refractivity contribution in [2.75, 3.05) is 5.32 Å². The molecule has 0 bridgehead atoms. The second-order valence-electron chi connectivity index (χ2n) is 3.05. The number of nitrogens with zero attached hydrogens (tertiary/aromatic N) is 3. The molecular formula is C9H6N4O3S. The minimum Gasteiger partial charge on any atom is -0.321 e. The number of benzene rings is 1. The quantitative estimate of drug-likeness (QED) is 0.660. The number of aromatic nitrogens is 2. The number of non-ortho nitro benzene ring substituents is 1. The molecule has 1 heterocycles. The molecule has 0 aliphatic heterocycles. The molecule has 0 unspecified atom stereocenters. The van der Waals surface area contributed by atoms with Gasteiger partial charge in [0, 0.05) is 23.2 Å². The SMILES string of the molecule is O=C(Nc1ccc([N+](=O)[O-])cc1)c1csnn1. The van der Waals surface area contributed by atoms with Crippen molar-refractivity contribution in [3.05, 3.63) is 45.5 Å². The minimum absolute atomic E-state index is 0.0293. The van der Waals surface area contributed by atoms with E-state index < -0.39 is 10.8 Å². The van der Waals surface area contributed by atoms with E-state index in [9.17, 15) is 14.9 Å². The van der Waals surface area contributed by atoms with Gasteiger partial charge in [-0.15, -0.1) is 5.10 Å². The summed E-state index contributed by atoms with van der Waals surface area (Å²) in [5, 5.41) is 18.1. The lowest BCUT2D eigenvalue weighted by atomic mass is 10.3. The van der Waals surface area contributed by atoms with E-state index in [0.717, 1.165) is 11.5 Å². The van der Waals surface area contributed by atoms with Crippen LogP contribution in [-0.2, 0) is 0 Å². The highest BCUT2D eigenvalue weighted by atomic mass is 32.1. The molecule has 1 aromatic carbocycles. The van der Waals surface area contributed by atoms with E-state index in [1.54, 1.807) is 0 Å². The zero-order valence-electron chi connectivity index (χ0n) is 8.36. The molecule has 0 radical (unpaired) electrons. The van der Waals surface area contributed by atoms with Crippen LogP contribution in [0.25, 0.3) is 0 Å². The Hall–Kier alpha value is -2.35. The zero-order chi connectivity index (χ0) is 12.3. The van der Waals surface area contributed by atoms with Gasteiger partial charge in [0.1, 0.15) is 0 Å². The fourth-order valence-electron chi connectivity index (χ4n) is 1.13. The van der Waals surface area contributed by atoms with E-state index in [0.29, 0.717) is 5.69 Å². The van der Waals surface area contributed by atoms with E-state index in [1.807, 2.05) is 0 Å². The number of nitro groups is 1. The first-order valence-electron chi connectivity index (χ1n) is 4.49. The number of nitrogens with one attached hydrogen (secondary N) is 1. The van der Waals surface area contributed by atoms with Gasteiger partial charge in [0.25, 0.3) is 11.6 Å². The van der Waals surface area contributed by atoms with Crippen LogP contribution in [0.2, 0.25) is 0 Å². The van der Waals surface area contributed by atoms with Crippen LogP contribution in [0.5, 0.6) is 0 Å². The largest absolute Gasteiger partial charge is 0.321 e. The summed E-state index contributed by atoms with van der Waals surface area (Å²) in [6, 6.07) is 5.54. The second kappa shape index (κ2) is 4.66. The maximum atomic E-state index is 11.6. The van der Waals surface area contributed by atoms with E-state index >= 15 is 0 Å². The molecule has 2 aromatic rings. The first-order valence-corrected chi connectivity index (χ1v) is 5.33. The average molecular weight is 250 g/mol. The van der Waals surface area contributed by atoms with Crippen molar-refractivity contribution in [1.29, 1.82) is 0 Å². The van der Waals surface area contributed by atoms with Crippen LogP contribution in [0.1, 0.15) is 10.5 Å². The van der Waals surface area contributed by atoms with Gasteiger partial charge in [0.15, 0.2) is 5.69 Å². The van der Waals surface area contributed by atoms with Gasteiger partial charge in [-0.3, -0.25) is 14.9 Å². The Labute approximate surface area is 99.4 Å². The molecule has 7 nitrogen and oxygen atoms in total. The molecule has 1 aromatic heterocycles. The summed E-state index contributed by atoms with van der Waals surface area (Å²) in [7, 11) is 0. The summed E-state index contributed by atoms with van der Waals surface area (Å²) in [5.74, 6) is -0.396. The first kappa shape index (κ1) is 11.1. The lowest BCUT2D eigenvalue weighted by Gasteiger charge is -2.01. The summed E-state index contributed by atoms with van der Waals surface area (Å²) in [4.78, 5) is 21.5. The van der Waals surface area contributed by atoms with Gasteiger partial charge in [-0.1, -0.05) is 4.49 Å². The lowest BCUT2D eigenvalue weighted by Crippen LogP contribution is -2.12. The van der Waals surface area contributed by atoms with Crippen LogP contribution in [0.3, 0.4) is 0 Å². The third-order valence-corrected chi connectivity index (χ3v) is 2.43. The molecule has 1 N–H and O–H groups in total. The van der Waals surface area contributed by atoms with Gasteiger partial charge in [0.05, 0.1) is 4.92 Å². The molecule has 0 spiro atoms. The molecular weight excluding hydrogens is 244 g/mol. The summed E-state index contributed by atoms with van der Waals surface area (Å²) in [6.07, 6.45) is 0. The summed E-state index contributed by atoms with van der Waals surface area (Å²) in [5.41, 5.74) is 0.653. The highest BCUT2D eigenvalue weighted by Crippen LogP contribution is 2.15. The van der Waals surface area contributed by atoms with Gasteiger partial charge in [-0.25, -0.2) is 0 Å². The molecule has 0 aliphatic rings. The van der Waals surface area contributed by atoms with Gasteiger partial charge in [-0.05, 0) is 23.7 Å². The number of carbonyl (C=O) groups excluding carboxylic acids is 1. The van der Waals surface area contributed by atoms with Crippen molar-refractivity contribution in [2.24, 2.45) is 0 Å². The van der Waals surface area contributed by atoms with Crippen LogP contribution < -0.4 is 5.32 Å². The number of carbonyl (C=O) groups is 1. The van der Waals surface area contributed by atoms with E-state index in [1.165, 1.54) is 29.6 Å². The van der Waals surface area contributed by atoms with Crippen molar-refractivity contribution >= 4 is 28.8 Å². The fraction of sp³-hybridized carbons (Fsp3) is 0. The average Bonchev–Trinajstić information content (AvgIpc) is 2.83. The summed E-state index contributed by atoms with van der Waals surface area (Å²) in [6.45, 7) is 0. The Bertz CT molecular complexity index is 538. The van der Waals surface area contributed by atoms with Crippen molar-refractivity contribution in [3.8, 4) is 0 Å². The number of nitro benzene ring substituents is 1. The molecule has 1 amide bonds. The predicted molar refractivity (Wildman–Crippen MR) is 61.0 cm³/mol. The minimum atomic E-state index is -0.504. The Morgan fingerprint density at radius 3 is 2.59 bits per heavy atom. The van der Waals surface area contributed by atoms with Crippen molar-refractivity contribution in [3.63, 3.8) is 0 Å². The fourth-order valence-corrected chi connectivity index (χ4v) is 1.56. The first-order chi connectivity index (χ1) is 8.16. The highest BCUT2D eigenvalue weighted by molar-refractivity contribution is 7.03. The smallest absolute Gasteiger partial charge is 0.277 e. The maximum Gasteiger partial charge on any atom is 0.277 e. The predicted octanol–water partition coefficient (Wildman–Crippen LogP) is 1.70. The van der Waals surface area contributed by atoms with E-state index in [-0.39, 0.29) is 11.4 Å².